The Labute approximate surface area is 116 Å². The van der Waals surface area contributed by atoms with Crippen LogP contribution in [0.2, 0.25) is 0 Å². The van der Waals surface area contributed by atoms with Crippen LogP contribution in [0, 0.1) is 0 Å². The van der Waals surface area contributed by atoms with Crippen LogP contribution in [0.4, 0.5) is 0 Å². The van der Waals surface area contributed by atoms with E-state index >= 15 is 0 Å². The fraction of sp³-hybridized carbons (Fsp3) is 0.600. The van der Waals surface area contributed by atoms with Crippen LogP contribution in [0.15, 0.2) is 18.2 Å². The molecule has 1 rings (SSSR count). The molecule has 0 bridgehead atoms. The lowest BCUT2D eigenvalue weighted by molar-refractivity contribution is 0.173. The van der Waals surface area contributed by atoms with Crippen molar-refractivity contribution in [3.05, 3.63) is 23.8 Å². The Kier molecular flexibility index (Phi) is 6.12. The Morgan fingerprint density at radius 3 is 2.47 bits per heavy atom. The van der Waals surface area contributed by atoms with Crippen molar-refractivity contribution >= 4 is 0 Å². The summed E-state index contributed by atoms with van der Waals surface area (Å²) in [7, 11) is 5.76. The lowest BCUT2D eigenvalue weighted by Gasteiger charge is -2.30. The second-order valence-electron chi connectivity index (χ2n) is 5.17. The number of aromatic hydroxyl groups is 1. The minimum atomic E-state index is 0.301. The second kappa shape index (κ2) is 7.36. The van der Waals surface area contributed by atoms with E-state index in [2.05, 4.69) is 37.7 Å². The molecule has 0 amide bonds. The zero-order valence-electron chi connectivity index (χ0n) is 12.7. The third kappa shape index (κ3) is 4.73. The number of nitrogens with zero attached hydrogens (tertiary/aromatic N) is 2. The molecule has 0 aliphatic rings. The Balaban J connectivity index is 2.75. The van der Waals surface area contributed by atoms with Crippen LogP contribution in [0.5, 0.6) is 11.5 Å². The first-order valence-electron chi connectivity index (χ1n) is 6.72. The number of benzene rings is 1. The van der Waals surface area contributed by atoms with Gasteiger partial charge in [0.15, 0.2) is 0 Å². The second-order valence-corrected chi connectivity index (χ2v) is 5.17. The van der Waals surface area contributed by atoms with Gasteiger partial charge in [0.05, 0.1) is 7.11 Å². The van der Waals surface area contributed by atoms with Gasteiger partial charge in [0.1, 0.15) is 11.5 Å². The van der Waals surface area contributed by atoms with Crippen LogP contribution in [0.3, 0.4) is 0 Å². The molecule has 1 atom stereocenters. The summed E-state index contributed by atoms with van der Waals surface area (Å²) >= 11 is 0. The van der Waals surface area contributed by atoms with Crippen molar-refractivity contribution in [1.82, 2.24) is 9.80 Å². The van der Waals surface area contributed by atoms with Crippen molar-refractivity contribution < 1.29 is 9.84 Å². The molecule has 4 heteroatoms. The molecule has 0 fully saturated rings. The van der Waals surface area contributed by atoms with E-state index in [1.807, 2.05) is 12.1 Å². The van der Waals surface area contributed by atoms with Gasteiger partial charge in [0, 0.05) is 30.8 Å². The summed E-state index contributed by atoms with van der Waals surface area (Å²) in [6, 6.07) is 5.93. The smallest absolute Gasteiger partial charge is 0.123 e. The molecule has 0 saturated heterocycles. The summed E-state index contributed by atoms with van der Waals surface area (Å²) in [5, 5.41) is 10.0. The Bertz CT molecular complexity index is 394. The number of ether oxygens (including phenoxy) is 1. The van der Waals surface area contributed by atoms with Crippen molar-refractivity contribution in [1.29, 1.82) is 0 Å². The van der Waals surface area contributed by atoms with Crippen LogP contribution in [0.25, 0.3) is 0 Å². The van der Waals surface area contributed by atoms with Gasteiger partial charge >= 0.3 is 0 Å². The van der Waals surface area contributed by atoms with Gasteiger partial charge in [-0.25, -0.2) is 0 Å². The largest absolute Gasteiger partial charge is 0.507 e. The quantitative estimate of drug-likeness (QED) is 0.820. The number of phenolic OH excluding ortho intramolecular Hbond substituents is 1. The molecule has 0 heterocycles. The summed E-state index contributed by atoms with van der Waals surface area (Å²) in [4.78, 5) is 4.53. The zero-order valence-corrected chi connectivity index (χ0v) is 12.7. The molecule has 0 aliphatic carbocycles. The molecule has 0 aliphatic heterocycles. The van der Waals surface area contributed by atoms with Crippen molar-refractivity contribution in [2.45, 2.75) is 26.4 Å². The van der Waals surface area contributed by atoms with E-state index in [0.29, 0.717) is 17.5 Å². The maximum atomic E-state index is 10.0. The summed E-state index contributed by atoms with van der Waals surface area (Å²) in [5.74, 6) is 0.987. The summed E-state index contributed by atoms with van der Waals surface area (Å²) < 4.78 is 5.10. The molecule has 108 valence electrons. The van der Waals surface area contributed by atoms with E-state index in [1.54, 1.807) is 13.2 Å². The highest BCUT2D eigenvalue weighted by Crippen LogP contribution is 2.25. The zero-order chi connectivity index (χ0) is 14.4. The van der Waals surface area contributed by atoms with Gasteiger partial charge in [-0.3, -0.25) is 4.90 Å². The summed E-state index contributed by atoms with van der Waals surface area (Å²) in [6.45, 7) is 7.07. The first-order chi connectivity index (χ1) is 8.97. The minimum absolute atomic E-state index is 0.301. The van der Waals surface area contributed by atoms with Gasteiger partial charge in [-0.15, -0.1) is 0 Å². The maximum Gasteiger partial charge on any atom is 0.123 e. The minimum Gasteiger partial charge on any atom is -0.507 e. The normalized spacial score (nSPS) is 13.0. The van der Waals surface area contributed by atoms with E-state index < -0.39 is 0 Å². The lowest BCUT2D eigenvalue weighted by atomic mass is 10.1. The van der Waals surface area contributed by atoms with E-state index in [1.165, 1.54) is 0 Å². The first kappa shape index (κ1) is 15.8. The third-order valence-electron chi connectivity index (χ3n) is 3.32. The van der Waals surface area contributed by atoms with Gasteiger partial charge in [0.25, 0.3) is 0 Å². The van der Waals surface area contributed by atoms with Gasteiger partial charge in [-0.1, -0.05) is 13.0 Å². The monoisotopic (exact) mass is 266 g/mol. The molecule has 1 aromatic carbocycles. The predicted octanol–water partition coefficient (Wildman–Crippen LogP) is 2.17. The van der Waals surface area contributed by atoms with Crippen molar-refractivity contribution in [2.24, 2.45) is 0 Å². The number of likely N-dealkylation sites (N-methyl/N-ethyl adjacent to an activating group) is 2. The van der Waals surface area contributed by atoms with Gasteiger partial charge in [-0.2, -0.15) is 0 Å². The molecule has 0 saturated carbocycles. The summed E-state index contributed by atoms with van der Waals surface area (Å²) in [6.07, 6.45) is 0. The molecule has 1 unspecified atom stereocenters. The van der Waals surface area contributed by atoms with Gasteiger partial charge in [0.2, 0.25) is 0 Å². The number of hydrogen-bond acceptors (Lipinski definition) is 4. The summed E-state index contributed by atoms with van der Waals surface area (Å²) in [5.41, 5.74) is 0.938. The molecule has 4 nitrogen and oxygen atoms in total. The maximum absolute atomic E-state index is 10.0. The number of methoxy groups -OCH3 is 1. The highest BCUT2D eigenvalue weighted by atomic mass is 16.5. The van der Waals surface area contributed by atoms with E-state index in [0.717, 1.165) is 25.2 Å². The Morgan fingerprint density at radius 1 is 1.32 bits per heavy atom. The number of phenols is 1. The van der Waals surface area contributed by atoms with E-state index in [9.17, 15) is 5.11 Å². The Morgan fingerprint density at radius 2 is 2.00 bits per heavy atom. The predicted molar refractivity (Wildman–Crippen MR) is 78.8 cm³/mol. The van der Waals surface area contributed by atoms with Crippen molar-refractivity contribution in [3.8, 4) is 11.5 Å². The molecular formula is C15H26N2O2. The number of rotatable bonds is 7. The average Bonchev–Trinajstić information content (AvgIpc) is 2.36. The molecule has 0 radical (unpaired) electrons. The van der Waals surface area contributed by atoms with Gasteiger partial charge in [-0.05, 0) is 33.6 Å². The molecule has 1 N–H and O–H groups in total. The fourth-order valence-corrected chi connectivity index (χ4v) is 2.25. The van der Waals surface area contributed by atoms with Crippen molar-refractivity contribution in [3.63, 3.8) is 0 Å². The standard InChI is InChI=1S/C15H26N2O2/c1-6-17(12(2)10-16(3)4)11-13-7-8-14(19-5)9-15(13)18/h7-9,12,18H,6,10-11H2,1-5H3. The van der Waals surface area contributed by atoms with Crippen LogP contribution in [-0.2, 0) is 6.54 Å². The van der Waals surface area contributed by atoms with E-state index in [-0.39, 0.29) is 0 Å². The average molecular weight is 266 g/mol. The molecular weight excluding hydrogens is 240 g/mol. The number of hydrogen-bond donors (Lipinski definition) is 1. The van der Waals surface area contributed by atoms with Crippen LogP contribution >= 0.6 is 0 Å². The molecule has 0 spiro atoms. The Hall–Kier alpha value is -1.26. The first-order valence-corrected chi connectivity index (χ1v) is 6.72. The van der Waals surface area contributed by atoms with Crippen LogP contribution in [-0.4, -0.2) is 55.2 Å². The highest BCUT2D eigenvalue weighted by Gasteiger charge is 2.15. The SMILES string of the molecule is CCN(Cc1ccc(OC)cc1O)C(C)CN(C)C. The highest BCUT2D eigenvalue weighted by molar-refractivity contribution is 5.39. The third-order valence-corrected chi connectivity index (χ3v) is 3.32. The van der Waals surface area contributed by atoms with E-state index in [4.69, 9.17) is 4.74 Å². The fourth-order valence-electron chi connectivity index (χ4n) is 2.25. The molecule has 1 aromatic rings. The molecule has 0 aromatic heterocycles. The van der Waals surface area contributed by atoms with Crippen molar-refractivity contribution in [2.75, 3.05) is 34.3 Å². The van der Waals surface area contributed by atoms with Gasteiger partial charge < -0.3 is 14.7 Å². The molecule has 19 heavy (non-hydrogen) atoms. The van der Waals surface area contributed by atoms with Crippen LogP contribution < -0.4 is 4.74 Å². The van der Waals surface area contributed by atoms with Crippen LogP contribution in [0.1, 0.15) is 19.4 Å². The topological polar surface area (TPSA) is 35.9 Å². The lowest BCUT2D eigenvalue weighted by Crippen LogP contribution is -2.39.